The van der Waals surface area contributed by atoms with Crippen molar-refractivity contribution in [2.45, 2.75) is 0 Å². The predicted octanol–water partition coefficient (Wildman–Crippen LogP) is 7.82. The van der Waals surface area contributed by atoms with Gasteiger partial charge in [-0.3, -0.25) is 4.98 Å². The molecule has 0 saturated carbocycles. The molecule has 158 valence electrons. The molecule has 0 aliphatic carbocycles. The first-order valence-corrected chi connectivity index (χ1v) is 11.4. The van der Waals surface area contributed by atoms with E-state index in [9.17, 15) is 0 Å². The van der Waals surface area contributed by atoms with E-state index in [1.807, 2.05) is 30.5 Å². The van der Waals surface area contributed by atoms with Crippen molar-refractivity contribution in [2.24, 2.45) is 0 Å². The van der Waals surface area contributed by atoms with Crippen LogP contribution < -0.4 is 0 Å². The molecule has 0 saturated heterocycles. The van der Waals surface area contributed by atoms with Gasteiger partial charge in [0.15, 0.2) is 0 Å². The average Bonchev–Trinajstić information content (AvgIpc) is 2.92. The van der Waals surface area contributed by atoms with E-state index in [1.165, 1.54) is 16.2 Å². The minimum Gasteiger partial charge on any atom is -0.256 e. The van der Waals surface area contributed by atoms with Gasteiger partial charge in [0.2, 0.25) is 0 Å². The van der Waals surface area contributed by atoms with Crippen LogP contribution in [0.4, 0.5) is 0 Å². The molecule has 0 bridgehead atoms. The van der Waals surface area contributed by atoms with Crippen LogP contribution in [0.25, 0.3) is 66.0 Å². The summed E-state index contributed by atoms with van der Waals surface area (Å²) in [6.07, 6.45) is 1.82. The van der Waals surface area contributed by atoms with Gasteiger partial charge in [-0.25, -0.2) is 9.97 Å². The number of nitrogens with zero attached hydrogens (tertiary/aromatic N) is 3. The molecule has 0 aliphatic rings. The Morgan fingerprint density at radius 3 is 2.18 bits per heavy atom. The zero-order chi connectivity index (χ0) is 22.5. The van der Waals surface area contributed by atoms with Crippen molar-refractivity contribution < 1.29 is 0 Å². The topological polar surface area (TPSA) is 38.7 Å². The molecular formula is C31H19N3. The normalized spacial score (nSPS) is 11.5. The van der Waals surface area contributed by atoms with Gasteiger partial charge in [0, 0.05) is 33.3 Å². The number of benzene rings is 4. The molecule has 3 heteroatoms. The van der Waals surface area contributed by atoms with Gasteiger partial charge in [-0.15, -0.1) is 0 Å². The Labute approximate surface area is 196 Å². The maximum atomic E-state index is 5.11. The van der Waals surface area contributed by atoms with Crippen LogP contribution in [0.1, 0.15) is 0 Å². The molecule has 0 aliphatic heterocycles. The highest BCUT2D eigenvalue weighted by atomic mass is 14.8. The van der Waals surface area contributed by atoms with Crippen molar-refractivity contribution in [1.82, 2.24) is 15.0 Å². The highest BCUT2D eigenvalue weighted by Crippen LogP contribution is 2.37. The lowest BCUT2D eigenvalue weighted by atomic mass is 9.96. The van der Waals surface area contributed by atoms with Crippen LogP contribution in [0, 0.1) is 0 Å². The maximum absolute atomic E-state index is 5.11. The average molecular weight is 434 g/mol. The summed E-state index contributed by atoms with van der Waals surface area (Å²) in [6, 6.07) is 37.7. The molecule has 34 heavy (non-hydrogen) atoms. The van der Waals surface area contributed by atoms with Gasteiger partial charge in [-0.2, -0.15) is 0 Å². The second-order valence-corrected chi connectivity index (χ2v) is 8.47. The molecule has 0 spiro atoms. The van der Waals surface area contributed by atoms with Gasteiger partial charge in [-0.1, -0.05) is 78.9 Å². The number of hydrogen-bond acceptors (Lipinski definition) is 3. The largest absolute Gasteiger partial charge is 0.256 e. The zero-order valence-corrected chi connectivity index (χ0v) is 18.3. The van der Waals surface area contributed by atoms with Crippen molar-refractivity contribution >= 4 is 43.4 Å². The van der Waals surface area contributed by atoms with Gasteiger partial charge >= 0.3 is 0 Å². The molecule has 0 N–H and O–H groups in total. The minimum atomic E-state index is 0.865. The Morgan fingerprint density at radius 1 is 0.441 bits per heavy atom. The summed E-state index contributed by atoms with van der Waals surface area (Å²) in [4.78, 5) is 14.7. The number of rotatable bonds is 2. The summed E-state index contributed by atoms with van der Waals surface area (Å²) in [5.41, 5.74) is 5.70. The van der Waals surface area contributed by atoms with Crippen LogP contribution in [0.5, 0.6) is 0 Å². The smallest absolute Gasteiger partial charge is 0.0972 e. The van der Waals surface area contributed by atoms with E-state index in [4.69, 9.17) is 9.97 Å². The molecule has 4 aromatic carbocycles. The Bertz CT molecular complexity index is 1850. The summed E-state index contributed by atoms with van der Waals surface area (Å²) in [7, 11) is 0. The molecule has 0 amide bonds. The molecule has 3 heterocycles. The first-order chi connectivity index (χ1) is 16.9. The molecule has 0 atom stereocenters. The molecule has 0 unspecified atom stereocenters. The van der Waals surface area contributed by atoms with Gasteiger partial charge in [0.05, 0.1) is 28.1 Å². The van der Waals surface area contributed by atoms with E-state index in [1.54, 1.807) is 0 Å². The Morgan fingerprint density at radius 2 is 1.21 bits per heavy atom. The van der Waals surface area contributed by atoms with E-state index >= 15 is 0 Å². The third kappa shape index (κ3) is 2.87. The first kappa shape index (κ1) is 18.9. The third-order valence-corrected chi connectivity index (χ3v) is 6.50. The number of fused-ring (bicyclic) bond motifs is 6. The van der Waals surface area contributed by atoms with Crippen LogP contribution in [0.15, 0.2) is 115 Å². The number of pyridine rings is 3. The molecule has 3 nitrogen and oxygen atoms in total. The van der Waals surface area contributed by atoms with E-state index in [2.05, 4.69) is 89.9 Å². The fourth-order valence-corrected chi connectivity index (χ4v) is 4.96. The van der Waals surface area contributed by atoms with Crippen LogP contribution in [-0.4, -0.2) is 15.0 Å². The summed E-state index contributed by atoms with van der Waals surface area (Å²) in [5, 5.41) is 7.05. The van der Waals surface area contributed by atoms with E-state index in [0.29, 0.717) is 0 Å². The Hall–Kier alpha value is -4.63. The summed E-state index contributed by atoms with van der Waals surface area (Å²) < 4.78 is 0. The van der Waals surface area contributed by atoms with Gasteiger partial charge < -0.3 is 0 Å². The van der Waals surface area contributed by atoms with Crippen molar-refractivity contribution in [3.05, 3.63) is 115 Å². The van der Waals surface area contributed by atoms with Gasteiger partial charge in [0.25, 0.3) is 0 Å². The number of para-hydroxylation sites is 1. The number of hydrogen-bond donors (Lipinski definition) is 0. The predicted molar refractivity (Wildman–Crippen MR) is 141 cm³/mol. The molecule has 0 fully saturated rings. The summed E-state index contributed by atoms with van der Waals surface area (Å²) >= 11 is 0. The standard InChI is InChI=1S/C31H19N3/c1-2-9-21-20(8-1)17-18-25-30(21)24-10-3-4-13-28(24)34-31(25)29-16-6-15-27(33-29)23-11-5-14-26-22(23)12-7-19-32-26/h1-19H. The van der Waals surface area contributed by atoms with Crippen molar-refractivity contribution in [1.29, 1.82) is 0 Å². The van der Waals surface area contributed by atoms with E-state index < -0.39 is 0 Å². The summed E-state index contributed by atoms with van der Waals surface area (Å²) in [5.74, 6) is 0. The monoisotopic (exact) mass is 433 g/mol. The lowest BCUT2D eigenvalue weighted by Gasteiger charge is -2.13. The van der Waals surface area contributed by atoms with Crippen molar-refractivity contribution in [3.63, 3.8) is 0 Å². The SMILES string of the molecule is c1cc(-c2cccc3ncccc23)nc(-c2nc3ccccc3c3c2ccc2ccccc23)c1. The van der Waals surface area contributed by atoms with Crippen molar-refractivity contribution in [3.8, 4) is 22.6 Å². The first-order valence-electron chi connectivity index (χ1n) is 11.4. The van der Waals surface area contributed by atoms with E-state index in [0.717, 1.165) is 49.8 Å². The lowest BCUT2D eigenvalue weighted by molar-refractivity contribution is 1.29. The Kier molecular flexibility index (Phi) is 4.15. The second-order valence-electron chi connectivity index (χ2n) is 8.47. The second kappa shape index (κ2) is 7.46. The summed E-state index contributed by atoms with van der Waals surface area (Å²) in [6.45, 7) is 0. The third-order valence-electron chi connectivity index (χ3n) is 6.50. The minimum absolute atomic E-state index is 0.865. The van der Waals surface area contributed by atoms with Gasteiger partial charge in [0.1, 0.15) is 0 Å². The van der Waals surface area contributed by atoms with Crippen LogP contribution in [0.2, 0.25) is 0 Å². The molecule has 3 aromatic heterocycles. The van der Waals surface area contributed by atoms with Crippen LogP contribution >= 0.6 is 0 Å². The quantitative estimate of drug-likeness (QED) is 0.261. The highest BCUT2D eigenvalue weighted by Gasteiger charge is 2.15. The fraction of sp³-hybridized carbons (Fsp3) is 0. The lowest BCUT2D eigenvalue weighted by Crippen LogP contribution is -1.94. The molecule has 0 radical (unpaired) electrons. The molecule has 7 rings (SSSR count). The maximum Gasteiger partial charge on any atom is 0.0972 e. The van der Waals surface area contributed by atoms with Crippen LogP contribution in [-0.2, 0) is 0 Å². The van der Waals surface area contributed by atoms with Crippen LogP contribution in [0.3, 0.4) is 0 Å². The highest BCUT2D eigenvalue weighted by molar-refractivity contribution is 6.22. The van der Waals surface area contributed by atoms with Gasteiger partial charge in [-0.05, 0) is 41.1 Å². The molecular weight excluding hydrogens is 414 g/mol. The zero-order valence-electron chi connectivity index (χ0n) is 18.3. The molecule has 7 aromatic rings. The van der Waals surface area contributed by atoms with E-state index in [-0.39, 0.29) is 0 Å². The Balaban J connectivity index is 1.54. The fourth-order valence-electron chi connectivity index (χ4n) is 4.96. The number of aromatic nitrogens is 3. The van der Waals surface area contributed by atoms with Crippen molar-refractivity contribution in [2.75, 3.05) is 0 Å².